The number of nitriles is 1. The number of halogens is 1. The van der Waals surface area contributed by atoms with Gasteiger partial charge in [-0.3, -0.25) is 9.59 Å². The first kappa shape index (κ1) is 19.8. The summed E-state index contributed by atoms with van der Waals surface area (Å²) in [7, 11) is 0. The Morgan fingerprint density at radius 1 is 1.15 bits per heavy atom. The average Bonchev–Trinajstić information content (AvgIpc) is 2.63. The summed E-state index contributed by atoms with van der Waals surface area (Å²) in [6, 6.07) is 16.4. The average molecular weight is 389 g/mol. The van der Waals surface area contributed by atoms with E-state index < -0.39 is 11.9 Å². The van der Waals surface area contributed by atoms with Crippen LogP contribution in [0, 0.1) is 11.3 Å². The first-order chi connectivity index (χ1) is 12.6. The molecule has 1 N–H and O–H groups in total. The number of amides is 1. The lowest BCUT2D eigenvalue weighted by Crippen LogP contribution is -2.21. The lowest BCUT2D eigenvalue weighted by molar-refractivity contribution is -0.144. The molecule has 0 aliphatic carbocycles. The second kappa shape index (κ2) is 10.5. The summed E-state index contributed by atoms with van der Waals surface area (Å²) < 4.78 is 4.96. The summed E-state index contributed by atoms with van der Waals surface area (Å²) in [5.74, 6) is -0.138. The SMILES string of the molecule is N#CCc1ccc(NC(=O)COC(=O)CSCc2ccccc2Cl)cc1. The van der Waals surface area contributed by atoms with Gasteiger partial charge in [0.25, 0.3) is 5.91 Å². The summed E-state index contributed by atoms with van der Waals surface area (Å²) in [6.45, 7) is -0.342. The molecule has 0 bridgehead atoms. The minimum atomic E-state index is -0.457. The molecule has 0 fully saturated rings. The van der Waals surface area contributed by atoms with Crippen molar-refractivity contribution in [2.45, 2.75) is 12.2 Å². The van der Waals surface area contributed by atoms with Gasteiger partial charge in [0, 0.05) is 16.5 Å². The molecule has 0 aliphatic heterocycles. The minimum Gasteiger partial charge on any atom is -0.455 e. The third kappa shape index (κ3) is 6.79. The van der Waals surface area contributed by atoms with Gasteiger partial charge in [0.05, 0.1) is 18.2 Å². The monoisotopic (exact) mass is 388 g/mol. The molecule has 0 radical (unpaired) electrons. The van der Waals surface area contributed by atoms with Crippen molar-refractivity contribution in [2.24, 2.45) is 0 Å². The van der Waals surface area contributed by atoms with E-state index in [1.165, 1.54) is 11.8 Å². The van der Waals surface area contributed by atoms with Crippen molar-refractivity contribution in [3.8, 4) is 6.07 Å². The maximum Gasteiger partial charge on any atom is 0.316 e. The molecule has 0 aliphatic rings. The Labute approximate surface area is 161 Å². The molecular formula is C19H17ClN2O3S. The quantitative estimate of drug-likeness (QED) is 0.695. The number of esters is 1. The highest BCUT2D eigenvalue weighted by Crippen LogP contribution is 2.20. The predicted octanol–water partition coefficient (Wildman–Crippen LogP) is 3.82. The number of hydrogen-bond donors (Lipinski definition) is 1. The summed E-state index contributed by atoms with van der Waals surface area (Å²) in [6.07, 6.45) is 0.317. The zero-order valence-electron chi connectivity index (χ0n) is 13.9. The van der Waals surface area contributed by atoms with Gasteiger partial charge in [-0.2, -0.15) is 5.26 Å². The molecule has 7 heteroatoms. The van der Waals surface area contributed by atoms with Crippen molar-refractivity contribution in [1.82, 2.24) is 0 Å². The van der Waals surface area contributed by atoms with Crippen LogP contribution in [0.15, 0.2) is 48.5 Å². The van der Waals surface area contributed by atoms with Gasteiger partial charge < -0.3 is 10.1 Å². The van der Waals surface area contributed by atoms with Crippen molar-refractivity contribution >= 4 is 40.9 Å². The maximum absolute atomic E-state index is 11.8. The van der Waals surface area contributed by atoms with Gasteiger partial charge in [0.15, 0.2) is 6.61 Å². The topological polar surface area (TPSA) is 79.2 Å². The number of hydrogen-bond acceptors (Lipinski definition) is 5. The lowest BCUT2D eigenvalue weighted by Gasteiger charge is -2.07. The van der Waals surface area contributed by atoms with Crippen molar-refractivity contribution in [3.63, 3.8) is 0 Å². The molecular weight excluding hydrogens is 372 g/mol. The Balaban J connectivity index is 1.67. The van der Waals surface area contributed by atoms with Crippen molar-refractivity contribution in [2.75, 3.05) is 17.7 Å². The van der Waals surface area contributed by atoms with E-state index in [1.807, 2.05) is 18.2 Å². The molecule has 0 spiro atoms. The van der Waals surface area contributed by atoms with Crippen LogP contribution < -0.4 is 5.32 Å². The number of anilines is 1. The number of carbonyl (C=O) groups excluding carboxylic acids is 2. The van der Waals surface area contributed by atoms with Crippen LogP contribution in [-0.4, -0.2) is 24.2 Å². The third-order valence-electron chi connectivity index (χ3n) is 3.32. The van der Waals surface area contributed by atoms with Crippen LogP contribution in [0.3, 0.4) is 0 Å². The molecule has 0 unspecified atom stereocenters. The van der Waals surface area contributed by atoms with Crippen LogP contribution in [0.2, 0.25) is 5.02 Å². The fourth-order valence-electron chi connectivity index (χ4n) is 2.04. The molecule has 0 atom stereocenters. The molecule has 2 rings (SSSR count). The highest BCUT2D eigenvalue weighted by molar-refractivity contribution is 7.99. The van der Waals surface area contributed by atoms with Gasteiger partial charge in [-0.05, 0) is 29.3 Å². The Hall–Kier alpha value is -2.49. The zero-order chi connectivity index (χ0) is 18.8. The number of nitrogens with zero attached hydrogens (tertiary/aromatic N) is 1. The molecule has 26 heavy (non-hydrogen) atoms. The molecule has 5 nitrogen and oxygen atoms in total. The number of ether oxygens (including phenoxy) is 1. The van der Waals surface area contributed by atoms with Gasteiger partial charge in [-0.15, -0.1) is 11.8 Å². The highest BCUT2D eigenvalue weighted by Gasteiger charge is 2.09. The Kier molecular flexibility index (Phi) is 8.00. The van der Waals surface area contributed by atoms with Gasteiger partial charge in [0.2, 0.25) is 0 Å². The van der Waals surface area contributed by atoms with Crippen molar-refractivity contribution in [1.29, 1.82) is 5.26 Å². The van der Waals surface area contributed by atoms with E-state index in [0.29, 0.717) is 22.9 Å². The Morgan fingerprint density at radius 3 is 2.58 bits per heavy atom. The normalized spacial score (nSPS) is 10.0. The summed E-state index contributed by atoms with van der Waals surface area (Å²) in [5, 5.41) is 11.9. The molecule has 0 saturated carbocycles. The summed E-state index contributed by atoms with van der Waals surface area (Å²) >= 11 is 7.42. The Morgan fingerprint density at radius 2 is 1.88 bits per heavy atom. The zero-order valence-corrected chi connectivity index (χ0v) is 15.5. The number of carbonyl (C=O) groups is 2. The van der Waals surface area contributed by atoms with Crippen LogP contribution in [0.5, 0.6) is 0 Å². The largest absolute Gasteiger partial charge is 0.455 e. The second-order valence-electron chi connectivity index (χ2n) is 5.32. The molecule has 2 aromatic carbocycles. The molecule has 0 saturated heterocycles. The summed E-state index contributed by atoms with van der Waals surface area (Å²) in [5.41, 5.74) is 2.40. The minimum absolute atomic E-state index is 0.140. The van der Waals surface area contributed by atoms with E-state index in [9.17, 15) is 9.59 Å². The van der Waals surface area contributed by atoms with E-state index in [0.717, 1.165) is 11.1 Å². The summed E-state index contributed by atoms with van der Waals surface area (Å²) in [4.78, 5) is 23.5. The van der Waals surface area contributed by atoms with E-state index in [1.54, 1.807) is 30.3 Å². The standard InChI is InChI=1S/C19H17ClN2O3S/c20-17-4-2-1-3-15(17)12-26-13-19(24)25-11-18(23)22-16-7-5-14(6-8-16)9-10-21/h1-8H,9,11-13H2,(H,22,23). The number of rotatable bonds is 8. The van der Waals surface area contributed by atoms with E-state index in [4.69, 9.17) is 21.6 Å². The van der Waals surface area contributed by atoms with Crippen LogP contribution in [0.1, 0.15) is 11.1 Å². The van der Waals surface area contributed by atoms with Gasteiger partial charge in [-0.25, -0.2) is 0 Å². The Bertz CT molecular complexity index is 803. The van der Waals surface area contributed by atoms with Crippen LogP contribution >= 0.6 is 23.4 Å². The van der Waals surface area contributed by atoms with Crippen molar-refractivity contribution < 1.29 is 14.3 Å². The predicted molar refractivity (Wildman–Crippen MR) is 103 cm³/mol. The second-order valence-corrected chi connectivity index (χ2v) is 6.72. The van der Waals surface area contributed by atoms with Crippen LogP contribution in [0.25, 0.3) is 0 Å². The van der Waals surface area contributed by atoms with Crippen LogP contribution in [-0.2, 0) is 26.5 Å². The fraction of sp³-hybridized carbons (Fsp3) is 0.211. The molecule has 2 aromatic rings. The molecule has 0 heterocycles. The molecule has 134 valence electrons. The maximum atomic E-state index is 11.8. The number of nitrogens with one attached hydrogen (secondary N) is 1. The van der Waals surface area contributed by atoms with Gasteiger partial charge in [0.1, 0.15) is 0 Å². The molecule has 0 aromatic heterocycles. The first-order valence-electron chi connectivity index (χ1n) is 7.81. The van der Waals surface area contributed by atoms with Gasteiger partial charge in [-0.1, -0.05) is 41.9 Å². The van der Waals surface area contributed by atoms with E-state index >= 15 is 0 Å². The molecule has 1 amide bonds. The van der Waals surface area contributed by atoms with E-state index in [-0.39, 0.29) is 12.4 Å². The number of thioether (sulfide) groups is 1. The van der Waals surface area contributed by atoms with E-state index in [2.05, 4.69) is 11.4 Å². The smallest absolute Gasteiger partial charge is 0.316 e. The first-order valence-corrected chi connectivity index (χ1v) is 9.34. The van der Waals surface area contributed by atoms with Crippen LogP contribution in [0.4, 0.5) is 5.69 Å². The fourth-order valence-corrected chi connectivity index (χ4v) is 3.15. The van der Waals surface area contributed by atoms with Crippen molar-refractivity contribution in [3.05, 3.63) is 64.7 Å². The number of benzene rings is 2. The third-order valence-corrected chi connectivity index (χ3v) is 4.64. The van der Waals surface area contributed by atoms with Gasteiger partial charge >= 0.3 is 5.97 Å². The lowest BCUT2D eigenvalue weighted by atomic mass is 10.1. The highest BCUT2D eigenvalue weighted by atomic mass is 35.5.